The van der Waals surface area contributed by atoms with E-state index in [1.807, 2.05) is 23.1 Å². The molecule has 1 aliphatic rings. The number of carbonyl (C=O) groups excluding carboxylic acids is 1. The molecule has 0 spiro atoms. The second-order valence-corrected chi connectivity index (χ2v) is 8.15. The Balaban J connectivity index is 2.07. The Morgan fingerprint density at radius 1 is 1.32 bits per heavy atom. The maximum atomic E-state index is 12.5. The van der Waals surface area contributed by atoms with Crippen molar-refractivity contribution < 1.29 is 4.79 Å². The first-order valence-corrected chi connectivity index (χ1v) is 8.87. The molecule has 0 radical (unpaired) electrons. The lowest BCUT2D eigenvalue weighted by molar-refractivity contribution is 0.0690. The van der Waals surface area contributed by atoms with Crippen molar-refractivity contribution in [3.63, 3.8) is 0 Å². The highest BCUT2D eigenvalue weighted by Crippen LogP contribution is 2.28. The van der Waals surface area contributed by atoms with Gasteiger partial charge >= 0.3 is 0 Å². The molecule has 2 rings (SSSR count). The van der Waals surface area contributed by atoms with Gasteiger partial charge in [0, 0.05) is 26.9 Å². The number of halogens is 3. The van der Waals surface area contributed by atoms with Gasteiger partial charge in [-0.15, -0.1) is 0 Å². The van der Waals surface area contributed by atoms with Crippen molar-refractivity contribution in [2.75, 3.05) is 13.1 Å². The van der Waals surface area contributed by atoms with Gasteiger partial charge in [0.1, 0.15) is 0 Å². The van der Waals surface area contributed by atoms with E-state index >= 15 is 0 Å². The fraction of sp³-hybridized carbons (Fsp3) is 0.500. The minimum atomic E-state index is 0.119. The monoisotopic (exact) mass is 451 g/mol. The smallest absolute Gasteiger partial charge is 0.255 e. The Labute approximate surface area is 139 Å². The molecule has 1 unspecified atom stereocenters. The fourth-order valence-corrected chi connectivity index (χ4v) is 3.70. The predicted octanol–water partition coefficient (Wildman–Crippen LogP) is 4.85. The summed E-state index contributed by atoms with van der Waals surface area (Å²) >= 11 is 10.5. The second-order valence-electron chi connectivity index (χ2n) is 4.93. The van der Waals surface area contributed by atoms with Crippen LogP contribution in [-0.4, -0.2) is 28.7 Å². The summed E-state index contributed by atoms with van der Waals surface area (Å²) in [6, 6.07) is 5.72. The van der Waals surface area contributed by atoms with Crippen molar-refractivity contribution in [2.45, 2.75) is 24.6 Å². The fourth-order valence-electron chi connectivity index (χ4n) is 2.39. The molecule has 0 saturated carbocycles. The van der Waals surface area contributed by atoms with Crippen LogP contribution in [0.15, 0.2) is 27.1 Å². The molecule has 1 amide bonds. The van der Waals surface area contributed by atoms with Gasteiger partial charge in [-0.25, -0.2) is 0 Å². The van der Waals surface area contributed by atoms with Crippen molar-refractivity contribution in [1.29, 1.82) is 0 Å². The molecule has 1 aromatic carbocycles. The van der Waals surface area contributed by atoms with E-state index in [4.69, 9.17) is 0 Å². The van der Waals surface area contributed by atoms with Gasteiger partial charge < -0.3 is 4.90 Å². The van der Waals surface area contributed by atoms with Gasteiger partial charge in [-0.3, -0.25) is 4.79 Å². The number of hydrogen-bond donors (Lipinski definition) is 0. The number of hydrogen-bond acceptors (Lipinski definition) is 1. The molecular weight excluding hydrogens is 438 g/mol. The molecule has 1 aromatic rings. The van der Waals surface area contributed by atoms with Crippen molar-refractivity contribution >= 4 is 53.7 Å². The summed E-state index contributed by atoms with van der Waals surface area (Å²) < 4.78 is 1.79. The van der Waals surface area contributed by atoms with Gasteiger partial charge in [-0.05, 0) is 52.9 Å². The Morgan fingerprint density at radius 3 is 2.53 bits per heavy atom. The molecule has 0 N–H and O–H groups in total. The molecule has 1 saturated heterocycles. The maximum absolute atomic E-state index is 12.5. The van der Waals surface area contributed by atoms with E-state index < -0.39 is 0 Å². The number of alkyl halides is 1. The number of carbonyl (C=O) groups is 1. The highest BCUT2D eigenvalue weighted by Gasteiger charge is 2.26. The SMILES string of the molecule is CC(Br)C1CCN(C(=O)c2cc(Br)ccc2Br)CC1. The van der Waals surface area contributed by atoms with Gasteiger partial charge in [-0.1, -0.05) is 38.8 Å². The Bertz CT molecular complexity index is 468. The van der Waals surface area contributed by atoms with Crippen LogP contribution in [-0.2, 0) is 0 Å². The van der Waals surface area contributed by atoms with Crippen LogP contribution >= 0.6 is 47.8 Å². The van der Waals surface area contributed by atoms with Crippen LogP contribution in [0.4, 0.5) is 0 Å². The van der Waals surface area contributed by atoms with Crippen LogP contribution < -0.4 is 0 Å². The Hall–Kier alpha value is 0.130. The molecule has 2 nitrogen and oxygen atoms in total. The van der Waals surface area contributed by atoms with Crippen LogP contribution in [0, 0.1) is 5.92 Å². The standard InChI is InChI=1S/C14H16Br3NO/c1-9(15)10-4-6-18(7-5-10)14(19)12-8-11(16)2-3-13(12)17/h2-3,8-10H,4-7H2,1H3. The third-order valence-electron chi connectivity index (χ3n) is 3.64. The van der Waals surface area contributed by atoms with E-state index in [1.165, 1.54) is 0 Å². The average molecular weight is 454 g/mol. The molecule has 19 heavy (non-hydrogen) atoms. The minimum Gasteiger partial charge on any atom is -0.339 e. The predicted molar refractivity (Wildman–Crippen MR) is 88.9 cm³/mol. The number of benzene rings is 1. The van der Waals surface area contributed by atoms with Gasteiger partial charge in [0.25, 0.3) is 5.91 Å². The van der Waals surface area contributed by atoms with E-state index in [2.05, 4.69) is 54.7 Å². The number of likely N-dealkylation sites (tertiary alicyclic amines) is 1. The molecule has 1 atom stereocenters. The summed E-state index contributed by atoms with van der Waals surface area (Å²) in [4.78, 5) is 15.0. The topological polar surface area (TPSA) is 20.3 Å². The van der Waals surface area contributed by atoms with Crippen LogP contribution in [0.25, 0.3) is 0 Å². The van der Waals surface area contributed by atoms with Gasteiger partial charge in [0.15, 0.2) is 0 Å². The summed E-state index contributed by atoms with van der Waals surface area (Å²) in [7, 11) is 0. The molecule has 104 valence electrons. The summed E-state index contributed by atoms with van der Waals surface area (Å²) in [5, 5.41) is 0. The highest BCUT2D eigenvalue weighted by atomic mass is 79.9. The van der Waals surface area contributed by atoms with Gasteiger partial charge in [0.2, 0.25) is 0 Å². The van der Waals surface area contributed by atoms with Crippen LogP contribution in [0.2, 0.25) is 0 Å². The molecule has 1 fully saturated rings. The van der Waals surface area contributed by atoms with Crippen LogP contribution in [0.1, 0.15) is 30.1 Å². The molecular formula is C14H16Br3NO. The lowest BCUT2D eigenvalue weighted by Crippen LogP contribution is -2.40. The summed E-state index contributed by atoms with van der Waals surface area (Å²) in [5.74, 6) is 0.795. The van der Waals surface area contributed by atoms with Crippen molar-refractivity contribution in [2.24, 2.45) is 5.92 Å². The molecule has 5 heteroatoms. The largest absolute Gasteiger partial charge is 0.339 e. The van der Waals surface area contributed by atoms with Crippen molar-refractivity contribution in [1.82, 2.24) is 4.90 Å². The lowest BCUT2D eigenvalue weighted by atomic mass is 9.94. The molecule has 0 aromatic heterocycles. The maximum Gasteiger partial charge on any atom is 0.255 e. The van der Waals surface area contributed by atoms with Crippen molar-refractivity contribution in [3.05, 3.63) is 32.7 Å². The van der Waals surface area contributed by atoms with E-state index in [1.54, 1.807) is 0 Å². The first kappa shape index (κ1) is 15.5. The van der Waals surface area contributed by atoms with E-state index in [0.29, 0.717) is 10.7 Å². The number of rotatable bonds is 2. The Morgan fingerprint density at radius 2 is 1.95 bits per heavy atom. The zero-order valence-electron chi connectivity index (χ0n) is 10.7. The van der Waals surface area contributed by atoms with Crippen LogP contribution in [0.3, 0.4) is 0 Å². The van der Waals surface area contributed by atoms with Gasteiger partial charge in [-0.2, -0.15) is 0 Å². The first-order chi connectivity index (χ1) is 8.99. The lowest BCUT2D eigenvalue weighted by Gasteiger charge is -2.33. The van der Waals surface area contributed by atoms with E-state index in [-0.39, 0.29) is 5.91 Å². The average Bonchev–Trinajstić information content (AvgIpc) is 2.41. The van der Waals surface area contributed by atoms with E-state index in [9.17, 15) is 4.79 Å². The second kappa shape index (κ2) is 6.72. The molecule has 1 heterocycles. The summed E-state index contributed by atoms with van der Waals surface area (Å²) in [6.07, 6.45) is 2.15. The third-order valence-corrected chi connectivity index (χ3v) is 5.57. The number of amides is 1. The first-order valence-electron chi connectivity index (χ1n) is 6.37. The quantitative estimate of drug-likeness (QED) is 0.586. The van der Waals surface area contributed by atoms with Gasteiger partial charge in [0.05, 0.1) is 5.56 Å². The third kappa shape index (κ3) is 3.82. The highest BCUT2D eigenvalue weighted by molar-refractivity contribution is 9.11. The minimum absolute atomic E-state index is 0.119. The van der Waals surface area contributed by atoms with Crippen LogP contribution in [0.5, 0.6) is 0 Å². The molecule has 0 aliphatic carbocycles. The van der Waals surface area contributed by atoms with E-state index in [0.717, 1.165) is 40.4 Å². The van der Waals surface area contributed by atoms with Crippen molar-refractivity contribution in [3.8, 4) is 0 Å². The number of nitrogens with zero attached hydrogens (tertiary/aromatic N) is 1. The normalized spacial score (nSPS) is 18.4. The zero-order valence-corrected chi connectivity index (χ0v) is 15.5. The number of piperidine rings is 1. The molecule has 0 bridgehead atoms. The Kier molecular flexibility index (Phi) is 5.49. The summed E-state index contributed by atoms with van der Waals surface area (Å²) in [6.45, 7) is 3.88. The summed E-state index contributed by atoms with van der Waals surface area (Å²) in [5.41, 5.74) is 0.736. The zero-order chi connectivity index (χ0) is 14.0. The molecule has 1 aliphatic heterocycles.